The van der Waals surface area contributed by atoms with Gasteiger partial charge in [-0.1, -0.05) is 18.2 Å². The van der Waals surface area contributed by atoms with Gasteiger partial charge in [0.05, 0.1) is 11.1 Å². The number of halogens is 3. The SMILES string of the molecule is NC1(C(=O)N2CCCC(CCc3ccccc3C(F)(F)F)C2)CCC1. The fourth-order valence-corrected chi connectivity index (χ4v) is 3.95. The topological polar surface area (TPSA) is 46.3 Å². The highest BCUT2D eigenvalue weighted by atomic mass is 19.4. The molecule has 25 heavy (non-hydrogen) atoms. The van der Waals surface area contributed by atoms with Crippen molar-refractivity contribution >= 4 is 5.91 Å². The van der Waals surface area contributed by atoms with E-state index in [1.807, 2.05) is 4.90 Å². The van der Waals surface area contributed by atoms with Gasteiger partial charge in [-0.3, -0.25) is 4.79 Å². The van der Waals surface area contributed by atoms with E-state index in [0.29, 0.717) is 31.5 Å². The molecule has 0 spiro atoms. The quantitative estimate of drug-likeness (QED) is 0.895. The van der Waals surface area contributed by atoms with Gasteiger partial charge in [-0.15, -0.1) is 0 Å². The molecule has 2 N–H and O–H groups in total. The second-order valence-corrected chi connectivity index (χ2v) is 7.46. The van der Waals surface area contributed by atoms with E-state index in [0.717, 1.165) is 38.2 Å². The molecule has 6 heteroatoms. The summed E-state index contributed by atoms with van der Waals surface area (Å²) in [5.41, 5.74) is 5.24. The lowest BCUT2D eigenvalue weighted by Gasteiger charge is -2.43. The van der Waals surface area contributed by atoms with Gasteiger partial charge >= 0.3 is 6.18 Å². The second-order valence-electron chi connectivity index (χ2n) is 7.46. The molecule has 0 aromatic heterocycles. The van der Waals surface area contributed by atoms with Crippen LogP contribution >= 0.6 is 0 Å². The number of carbonyl (C=O) groups is 1. The van der Waals surface area contributed by atoms with Gasteiger partial charge in [-0.05, 0) is 62.5 Å². The van der Waals surface area contributed by atoms with Crippen LogP contribution in [0.5, 0.6) is 0 Å². The Morgan fingerprint density at radius 2 is 1.96 bits per heavy atom. The predicted molar refractivity (Wildman–Crippen MR) is 89.8 cm³/mol. The number of rotatable bonds is 4. The Hall–Kier alpha value is -1.56. The third-order valence-corrected chi connectivity index (χ3v) is 5.62. The van der Waals surface area contributed by atoms with Crippen LogP contribution in [0.1, 0.15) is 49.7 Å². The predicted octanol–water partition coefficient (Wildman–Crippen LogP) is 3.76. The third kappa shape index (κ3) is 4.00. The Bertz CT molecular complexity index is 625. The van der Waals surface area contributed by atoms with E-state index in [4.69, 9.17) is 5.73 Å². The maximum Gasteiger partial charge on any atom is 0.416 e. The second kappa shape index (κ2) is 6.98. The van der Waals surface area contributed by atoms with Crippen molar-refractivity contribution < 1.29 is 18.0 Å². The lowest BCUT2D eigenvalue weighted by molar-refractivity contribution is -0.142. The van der Waals surface area contributed by atoms with E-state index in [9.17, 15) is 18.0 Å². The molecular formula is C19H25F3N2O. The zero-order valence-corrected chi connectivity index (χ0v) is 14.3. The average molecular weight is 354 g/mol. The average Bonchev–Trinajstić information content (AvgIpc) is 2.57. The number of amides is 1. The summed E-state index contributed by atoms with van der Waals surface area (Å²) < 4.78 is 39.3. The van der Waals surface area contributed by atoms with Crippen molar-refractivity contribution in [2.75, 3.05) is 13.1 Å². The van der Waals surface area contributed by atoms with Crippen LogP contribution in [0.2, 0.25) is 0 Å². The number of carbonyl (C=O) groups excluding carboxylic acids is 1. The first-order chi connectivity index (χ1) is 11.8. The Morgan fingerprint density at radius 3 is 2.60 bits per heavy atom. The van der Waals surface area contributed by atoms with E-state index < -0.39 is 17.3 Å². The first-order valence-electron chi connectivity index (χ1n) is 9.03. The van der Waals surface area contributed by atoms with Crippen molar-refractivity contribution in [1.82, 2.24) is 4.90 Å². The molecule has 0 radical (unpaired) electrons. The molecule has 138 valence electrons. The number of piperidine rings is 1. The minimum absolute atomic E-state index is 0.0270. The van der Waals surface area contributed by atoms with E-state index >= 15 is 0 Å². The minimum Gasteiger partial charge on any atom is -0.341 e. The molecule has 1 amide bonds. The van der Waals surface area contributed by atoms with Gasteiger partial charge in [-0.2, -0.15) is 13.2 Å². The highest BCUT2D eigenvalue weighted by Gasteiger charge is 2.43. The maximum atomic E-state index is 13.1. The molecule has 1 aromatic carbocycles. The number of benzene rings is 1. The van der Waals surface area contributed by atoms with Crippen molar-refractivity contribution in [3.63, 3.8) is 0 Å². The first-order valence-corrected chi connectivity index (χ1v) is 9.03. The number of nitrogens with two attached hydrogens (primary N) is 1. The van der Waals surface area contributed by atoms with Crippen LogP contribution in [-0.2, 0) is 17.4 Å². The molecule has 1 aliphatic heterocycles. The van der Waals surface area contributed by atoms with Gasteiger partial charge in [0.2, 0.25) is 5.91 Å². The summed E-state index contributed by atoms with van der Waals surface area (Å²) in [5, 5.41) is 0. The van der Waals surface area contributed by atoms with Gasteiger partial charge < -0.3 is 10.6 Å². The highest BCUT2D eigenvalue weighted by Crippen LogP contribution is 2.35. The van der Waals surface area contributed by atoms with Gasteiger partial charge in [-0.25, -0.2) is 0 Å². The molecule has 2 fully saturated rings. The van der Waals surface area contributed by atoms with Crippen LogP contribution in [0.3, 0.4) is 0 Å². The van der Waals surface area contributed by atoms with Crippen LogP contribution in [0, 0.1) is 5.92 Å². The zero-order chi connectivity index (χ0) is 18.1. The molecule has 1 saturated heterocycles. The van der Waals surface area contributed by atoms with E-state index in [1.165, 1.54) is 6.07 Å². The van der Waals surface area contributed by atoms with Gasteiger partial charge in [0.1, 0.15) is 0 Å². The number of likely N-dealkylation sites (tertiary alicyclic amines) is 1. The number of hydrogen-bond acceptors (Lipinski definition) is 2. The molecule has 1 unspecified atom stereocenters. The summed E-state index contributed by atoms with van der Waals surface area (Å²) in [4.78, 5) is 14.4. The summed E-state index contributed by atoms with van der Waals surface area (Å²) in [6, 6.07) is 5.77. The van der Waals surface area contributed by atoms with Crippen LogP contribution in [-0.4, -0.2) is 29.4 Å². The Morgan fingerprint density at radius 1 is 1.24 bits per heavy atom. The standard InChI is InChI=1S/C19H25F3N2O/c20-19(21,22)16-7-2-1-6-15(16)9-8-14-5-3-12-24(13-14)17(25)18(23)10-4-11-18/h1-2,6-7,14H,3-5,8-13,23H2. The minimum atomic E-state index is -4.32. The molecule has 1 aromatic rings. The van der Waals surface area contributed by atoms with Gasteiger partial charge in [0.15, 0.2) is 0 Å². The molecule has 0 bridgehead atoms. The number of alkyl halides is 3. The molecule has 3 rings (SSSR count). The molecule has 1 saturated carbocycles. The summed E-state index contributed by atoms with van der Waals surface area (Å²) in [5.74, 6) is 0.266. The first kappa shape index (κ1) is 18.2. The number of aryl methyl sites for hydroxylation is 1. The monoisotopic (exact) mass is 354 g/mol. The summed E-state index contributed by atoms with van der Waals surface area (Å²) in [7, 11) is 0. The van der Waals surface area contributed by atoms with Gasteiger partial charge in [0.25, 0.3) is 0 Å². The van der Waals surface area contributed by atoms with Crippen LogP contribution < -0.4 is 5.73 Å². The van der Waals surface area contributed by atoms with Crippen molar-refractivity contribution in [3.05, 3.63) is 35.4 Å². The Balaban J connectivity index is 1.60. The highest BCUT2D eigenvalue weighted by molar-refractivity contribution is 5.87. The van der Waals surface area contributed by atoms with Gasteiger partial charge in [0, 0.05) is 13.1 Å². The van der Waals surface area contributed by atoms with Crippen LogP contribution in [0.25, 0.3) is 0 Å². The zero-order valence-electron chi connectivity index (χ0n) is 14.3. The Labute approximate surface area is 146 Å². The summed E-state index contributed by atoms with van der Waals surface area (Å²) in [6.07, 6.45) is 1.06. The fraction of sp³-hybridized carbons (Fsp3) is 0.632. The normalized spacial score (nSPS) is 23.2. The van der Waals surface area contributed by atoms with E-state index in [1.54, 1.807) is 12.1 Å². The molecule has 1 heterocycles. The lowest BCUT2D eigenvalue weighted by atomic mass is 9.76. The van der Waals surface area contributed by atoms with E-state index in [2.05, 4.69) is 0 Å². The van der Waals surface area contributed by atoms with Crippen molar-refractivity contribution in [2.45, 2.75) is 56.7 Å². The summed E-state index contributed by atoms with van der Waals surface area (Å²) in [6.45, 7) is 1.33. The third-order valence-electron chi connectivity index (χ3n) is 5.62. The molecule has 3 nitrogen and oxygen atoms in total. The van der Waals surface area contributed by atoms with Crippen molar-refractivity contribution in [3.8, 4) is 0 Å². The van der Waals surface area contributed by atoms with Crippen molar-refractivity contribution in [1.29, 1.82) is 0 Å². The number of hydrogen-bond donors (Lipinski definition) is 1. The lowest BCUT2D eigenvalue weighted by Crippen LogP contribution is -2.60. The molecule has 1 aliphatic carbocycles. The van der Waals surface area contributed by atoms with Crippen LogP contribution in [0.15, 0.2) is 24.3 Å². The smallest absolute Gasteiger partial charge is 0.341 e. The molecule has 1 atom stereocenters. The maximum absolute atomic E-state index is 13.1. The summed E-state index contributed by atoms with van der Waals surface area (Å²) >= 11 is 0. The van der Waals surface area contributed by atoms with Crippen LogP contribution in [0.4, 0.5) is 13.2 Å². The van der Waals surface area contributed by atoms with E-state index in [-0.39, 0.29) is 11.8 Å². The van der Waals surface area contributed by atoms with Crippen molar-refractivity contribution in [2.24, 2.45) is 11.7 Å². The molecular weight excluding hydrogens is 329 g/mol. The largest absolute Gasteiger partial charge is 0.416 e. The molecule has 2 aliphatic rings. The Kier molecular flexibility index (Phi) is 5.09. The fourth-order valence-electron chi connectivity index (χ4n) is 3.95. The number of nitrogens with zero attached hydrogens (tertiary/aromatic N) is 1.